The monoisotopic (exact) mass is 348 g/mol. The Balaban J connectivity index is -0.000000298. The van der Waals surface area contributed by atoms with Gasteiger partial charge in [0.2, 0.25) is 0 Å². The van der Waals surface area contributed by atoms with Crippen molar-refractivity contribution in [2.24, 2.45) is 5.92 Å². The molecule has 0 aromatic heterocycles. The molecular weight excluding hydrogens is 312 g/mol. The van der Waals surface area contributed by atoms with Crippen molar-refractivity contribution in [2.75, 3.05) is 20.3 Å². The molecule has 144 valence electrons. The zero-order valence-electron chi connectivity index (χ0n) is 16.5. The Labute approximate surface area is 147 Å². The number of esters is 3. The minimum absolute atomic E-state index is 0.166. The van der Waals surface area contributed by atoms with E-state index in [4.69, 9.17) is 4.74 Å². The molecule has 0 unspecified atom stereocenters. The molecule has 0 saturated carbocycles. The van der Waals surface area contributed by atoms with Gasteiger partial charge in [0.25, 0.3) is 0 Å². The maximum atomic E-state index is 10.3. The maximum absolute atomic E-state index is 10.3. The molecule has 6 heteroatoms. The summed E-state index contributed by atoms with van der Waals surface area (Å²) in [5.41, 5.74) is 0. The second-order valence-corrected chi connectivity index (χ2v) is 5.65. The third-order valence-corrected chi connectivity index (χ3v) is 2.46. The summed E-state index contributed by atoms with van der Waals surface area (Å²) in [6.45, 7) is 11.6. The highest BCUT2D eigenvalue weighted by molar-refractivity contribution is 5.66. The van der Waals surface area contributed by atoms with Gasteiger partial charge in [0, 0.05) is 20.8 Å². The first-order chi connectivity index (χ1) is 11.2. The summed E-state index contributed by atoms with van der Waals surface area (Å²) in [6, 6.07) is 0. The molecule has 0 amide bonds. The smallest absolute Gasteiger partial charge is 0.302 e. The molecule has 0 aliphatic rings. The molecule has 0 aliphatic carbocycles. The van der Waals surface area contributed by atoms with E-state index in [1.54, 1.807) is 0 Å². The lowest BCUT2D eigenvalue weighted by Crippen LogP contribution is -2.05. The maximum Gasteiger partial charge on any atom is 0.302 e. The third kappa shape index (κ3) is 42.8. The zero-order valence-corrected chi connectivity index (χ0v) is 16.5. The number of unbranched alkanes of at least 4 members (excludes halogenated alkanes) is 4. The summed E-state index contributed by atoms with van der Waals surface area (Å²) >= 11 is 0. The first-order valence-corrected chi connectivity index (χ1v) is 8.48. The Morgan fingerprint density at radius 2 is 1.25 bits per heavy atom. The van der Waals surface area contributed by atoms with E-state index < -0.39 is 0 Å². The Kier molecular flexibility index (Phi) is 24.3. The van der Waals surface area contributed by atoms with Crippen LogP contribution in [-0.4, -0.2) is 38.2 Å². The lowest BCUT2D eigenvalue weighted by molar-refractivity contribution is -0.142. The summed E-state index contributed by atoms with van der Waals surface area (Å²) in [4.78, 5) is 30.0. The van der Waals surface area contributed by atoms with Crippen LogP contribution in [0.15, 0.2) is 0 Å². The SMILES string of the molecule is CC(=O)OCC(C)C.CCCCCCCOC(C)=O.COC(C)=O. The number of hydrogen-bond acceptors (Lipinski definition) is 6. The molecule has 0 heterocycles. The van der Waals surface area contributed by atoms with Gasteiger partial charge in [0.1, 0.15) is 0 Å². The molecule has 0 radical (unpaired) electrons. The van der Waals surface area contributed by atoms with Gasteiger partial charge < -0.3 is 14.2 Å². The minimum atomic E-state index is -0.245. The molecule has 0 saturated heterocycles. The van der Waals surface area contributed by atoms with Crippen LogP contribution in [0.2, 0.25) is 0 Å². The van der Waals surface area contributed by atoms with Gasteiger partial charge in [-0.15, -0.1) is 0 Å². The number of methoxy groups -OCH3 is 1. The predicted octanol–water partition coefficient (Wildman–Crippen LogP) is 3.90. The van der Waals surface area contributed by atoms with E-state index in [0.29, 0.717) is 19.1 Å². The summed E-state index contributed by atoms with van der Waals surface area (Å²) in [5.74, 6) is -0.164. The van der Waals surface area contributed by atoms with Crippen molar-refractivity contribution in [2.45, 2.75) is 73.6 Å². The first-order valence-electron chi connectivity index (χ1n) is 8.48. The van der Waals surface area contributed by atoms with Gasteiger partial charge in [-0.3, -0.25) is 14.4 Å². The van der Waals surface area contributed by atoms with Gasteiger partial charge >= 0.3 is 17.9 Å². The molecule has 24 heavy (non-hydrogen) atoms. The number of rotatable bonds is 8. The van der Waals surface area contributed by atoms with Crippen LogP contribution < -0.4 is 0 Å². The number of hydrogen-bond donors (Lipinski definition) is 0. The van der Waals surface area contributed by atoms with Crippen molar-refractivity contribution in [1.82, 2.24) is 0 Å². The van der Waals surface area contributed by atoms with E-state index in [1.165, 1.54) is 53.6 Å². The van der Waals surface area contributed by atoms with Gasteiger partial charge in [0.15, 0.2) is 0 Å². The lowest BCUT2D eigenvalue weighted by Gasteiger charge is -2.02. The summed E-state index contributed by atoms with van der Waals surface area (Å²) in [6.07, 6.45) is 6.01. The van der Waals surface area contributed by atoms with Crippen LogP contribution in [0.25, 0.3) is 0 Å². The standard InChI is InChI=1S/C9H18O2.C6H12O2.C3H6O2/c1-3-4-5-6-7-8-11-9(2)10;1-5(2)4-8-6(3)7;1-3(4)5-2/h3-8H2,1-2H3;5H,4H2,1-3H3;1-2H3. The van der Waals surface area contributed by atoms with E-state index in [2.05, 4.69) is 16.4 Å². The van der Waals surface area contributed by atoms with Gasteiger partial charge in [0.05, 0.1) is 20.3 Å². The fraction of sp³-hybridized carbons (Fsp3) is 0.833. The second kappa shape index (κ2) is 21.4. The lowest BCUT2D eigenvalue weighted by atomic mass is 10.2. The molecular formula is C18H36O6. The van der Waals surface area contributed by atoms with E-state index in [9.17, 15) is 14.4 Å². The topological polar surface area (TPSA) is 78.9 Å². The van der Waals surface area contributed by atoms with Crippen LogP contribution >= 0.6 is 0 Å². The normalized spacial score (nSPS) is 9.00. The summed E-state index contributed by atoms with van der Waals surface area (Å²) in [5, 5.41) is 0. The Hall–Kier alpha value is -1.59. The largest absolute Gasteiger partial charge is 0.469 e. The Morgan fingerprint density at radius 1 is 0.792 bits per heavy atom. The molecule has 0 aliphatic heterocycles. The van der Waals surface area contributed by atoms with Gasteiger partial charge in [-0.1, -0.05) is 46.5 Å². The van der Waals surface area contributed by atoms with E-state index in [1.807, 2.05) is 13.8 Å². The Morgan fingerprint density at radius 3 is 1.54 bits per heavy atom. The van der Waals surface area contributed by atoms with Gasteiger partial charge in [-0.05, 0) is 12.3 Å². The van der Waals surface area contributed by atoms with Crippen LogP contribution in [0, 0.1) is 5.92 Å². The fourth-order valence-electron chi connectivity index (χ4n) is 1.21. The number of ether oxygens (including phenoxy) is 3. The highest BCUT2D eigenvalue weighted by atomic mass is 16.5. The van der Waals surface area contributed by atoms with Crippen LogP contribution in [0.1, 0.15) is 73.6 Å². The predicted molar refractivity (Wildman–Crippen MR) is 94.6 cm³/mol. The van der Waals surface area contributed by atoms with Crippen LogP contribution in [0.4, 0.5) is 0 Å². The van der Waals surface area contributed by atoms with Crippen molar-refractivity contribution in [1.29, 1.82) is 0 Å². The van der Waals surface area contributed by atoms with E-state index >= 15 is 0 Å². The minimum Gasteiger partial charge on any atom is -0.469 e. The Bertz CT molecular complexity index is 313. The molecule has 0 aromatic carbocycles. The van der Waals surface area contributed by atoms with Crippen molar-refractivity contribution < 1.29 is 28.6 Å². The van der Waals surface area contributed by atoms with Crippen LogP contribution in [0.3, 0.4) is 0 Å². The van der Waals surface area contributed by atoms with Crippen molar-refractivity contribution in [3.63, 3.8) is 0 Å². The summed E-state index contributed by atoms with van der Waals surface area (Å²) < 4.78 is 13.6. The van der Waals surface area contributed by atoms with E-state index in [0.717, 1.165) is 6.42 Å². The van der Waals surface area contributed by atoms with Crippen LogP contribution in [-0.2, 0) is 28.6 Å². The number of carbonyl (C=O) groups excluding carboxylic acids is 3. The third-order valence-electron chi connectivity index (χ3n) is 2.46. The van der Waals surface area contributed by atoms with Crippen LogP contribution in [0.5, 0.6) is 0 Å². The quantitative estimate of drug-likeness (QED) is 0.376. The molecule has 0 N–H and O–H groups in total. The van der Waals surface area contributed by atoms with E-state index in [-0.39, 0.29) is 17.9 Å². The molecule has 0 aromatic rings. The average Bonchev–Trinajstić information content (AvgIpc) is 2.49. The van der Waals surface area contributed by atoms with Crippen molar-refractivity contribution in [3.05, 3.63) is 0 Å². The highest BCUT2D eigenvalue weighted by Crippen LogP contribution is 2.02. The molecule has 0 fully saturated rings. The zero-order chi connectivity index (χ0) is 19.4. The second-order valence-electron chi connectivity index (χ2n) is 5.65. The first kappa shape index (κ1) is 27.3. The molecule has 0 bridgehead atoms. The molecule has 6 nitrogen and oxygen atoms in total. The van der Waals surface area contributed by atoms with Crippen molar-refractivity contribution in [3.8, 4) is 0 Å². The fourth-order valence-corrected chi connectivity index (χ4v) is 1.21. The van der Waals surface area contributed by atoms with Crippen molar-refractivity contribution >= 4 is 17.9 Å². The number of carbonyl (C=O) groups is 3. The molecule has 0 spiro atoms. The molecule has 0 atom stereocenters. The summed E-state index contributed by atoms with van der Waals surface area (Å²) in [7, 11) is 1.35. The molecule has 0 rings (SSSR count). The average molecular weight is 348 g/mol. The van der Waals surface area contributed by atoms with Gasteiger partial charge in [-0.25, -0.2) is 0 Å². The highest BCUT2D eigenvalue weighted by Gasteiger charge is 1.94. The van der Waals surface area contributed by atoms with Gasteiger partial charge in [-0.2, -0.15) is 0 Å².